The van der Waals surface area contributed by atoms with Crippen LogP contribution in [0.4, 0.5) is 0 Å². The van der Waals surface area contributed by atoms with Gasteiger partial charge in [0.15, 0.2) is 0 Å². The molecule has 1 heterocycles. The molecule has 1 N–H and O–H groups in total. The molecule has 0 amide bonds. The second kappa shape index (κ2) is 4.09. The predicted octanol–water partition coefficient (Wildman–Crippen LogP) is 1.57. The summed E-state index contributed by atoms with van der Waals surface area (Å²) >= 11 is 0. The first kappa shape index (κ1) is 10.5. The number of aliphatic carboxylic acids is 1. The maximum atomic E-state index is 10.7. The molecule has 0 unspecified atom stereocenters. The van der Waals surface area contributed by atoms with Crippen LogP contribution >= 0.6 is 0 Å². The van der Waals surface area contributed by atoms with Gasteiger partial charge in [-0.25, -0.2) is 4.98 Å². The van der Waals surface area contributed by atoms with Crippen LogP contribution in [0.2, 0.25) is 0 Å². The minimum atomic E-state index is -0.891. The highest BCUT2D eigenvalue weighted by Gasteiger charge is 2.28. The number of carbonyl (C=O) groups is 1. The van der Waals surface area contributed by atoms with Gasteiger partial charge in [0.2, 0.25) is 5.88 Å². The highest BCUT2D eigenvalue weighted by atomic mass is 16.5. The average Bonchev–Trinajstić information content (AvgIpc) is 2.16. The number of nitrogens with zero attached hydrogens (tertiary/aromatic N) is 1. The molecule has 4 heteroatoms. The Morgan fingerprint density at radius 2 is 2.29 bits per heavy atom. The van der Waals surface area contributed by atoms with Gasteiger partial charge in [-0.3, -0.25) is 4.79 Å². The van der Waals surface area contributed by atoms with Crippen molar-refractivity contribution in [3.05, 3.63) is 24.4 Å². The second-order valence-corrected chi connectivity index (χ2v) is 3.65. The fourth-order valence-corrected chi connectivity index (χ4v) is 0.749. The first-order valence-corrected chi connectivity index (χ1v) is 4.29. The molecule has 0 radical (unpaired) electrons. The summed E-state index contributed by atoms with van der Waals surface area (Å²) in [6, 6.07) is 5.25. The molecular weight excluding hydrogens is 182 g/mol. The number of hydrogen-bond donors (Lipinski definition) is 1. The summed E-state index contributed by atoms with van der Waals surface area (Å²) in [5.74, 6) is -0.435. The average molecular weight is 195 g/mol. The first-order chi connectivity index (χ1) is 6.52. The van der Waals surface area contributed by atoms with Gasteiger partial charge in [0, 0.05) is 12.3 Å². The van der Waals surface area contributed by atoms with Crippen molar-refractivity contribution in [3.63, 3.8) is 0 Å². The maximum absolute atomic E-state index is 10.7. The molecule has 0 aliphatic carbocycles. The van der Waals surface area contributed by atoms with Gasteiger partial charge in [0.25, 0.3) is 0 Å². The van der Waals surface area contributed by atoms with Crippen LogP contribution in [-0.4, -0.2) is 22.7 Å². The van der Waals surface area contributed by atoms with Gasteiger partial charge < -0.3 is 9.84 Å². The van der Waals surface area contributed by atoms with E-state index in [0.29, 0.717) is 5.88 Å². The van der Waals surface area contributed by atoms with Crippen molar-refractivity contribution in [2.75, 3.05) is 6.61 Å². The van der Waals surface area contributed by atoms with E-state index in [4.69, 9.17) is 9.84 Å². The van der Waals surface area contributed by atoms with Gasteiger partial charge in [-0.1, -0.05) is 6.07 Å². The Labute approximate surface area is 82.5 Å². The lowest BCUT2D eigenvalue weighted by Gasteiger charge is -2.18. The number of hydrogen-bond acceptors (Lipinski definition) is 3. The molecule has 0 aromatic carbocycles. The molecule has 0 fully saturated rings. The van der Waals surface area contributed by atoms with Crippen molar-refractivity contribution in [1.82, 2.24) is 4.98 Å². The van der Waals surface area contributed by atoms with E-state index < -0.39 is 11.4 Å². The lowest BCUT2D eigenvalue weighted by atomic mass is 9.95. The molecule has 0 spiro atoms. The molecule has 0 bridgehead atoms. The Morgan fingerprint density at radius 1 is 1.57 bits per heavy atom. The lowest BCUT2D eigenvalue weighted by Crippen LogP contribution is -2.30. The zero-order valence-corrected chi connectivity index (χ0v) is 8.23. The molecule has 14 heavy (non-hydrogen) atoms. The Hall–Kier alpha value is -1.58. The van der Waals surface area contributed by atoms with Gasteiger partial charge in [-0.15, -0.1) is 0 Å². The van der Waals surface area contributed by atoms with E-state index in [1.54, 1.807) is 38.2 Å². The zero-order valence-electron chi connectivity index (χ0n) is 8.23. The van der Waals surface area contributed by atoms with Crippen LogP contribution in [0.15, 0.2) is 24.4 Å². The van der Waals surface area contributed by atoms with Gasteiger partial charge in [-0.2, -0.15) is 0 Å². The molecule has 76 valence electrons. The maximum Gasteiger partial charge on any atom is 0.312 e. The van der Waals surface area contributed by atoms with E-state index in [9.17, 15) is 4.79 Å². The highest BCUT2D eigenvalue weighted by molar-refractivity contribution is 5.73. The van der Waals surface area contributed by atoms with E-state index in [1.807, 2.05) is 0 Å². The number of carboxylic acids is 1. The first-order valence-electron chi connectivity index (χ1n) is 4.29. The summed E-state index contributed by atoms with van der Waals surface area (Å²) in [6.45, 7) is 3.33. The normalized spacial score (nSPS) is 11.0. The number of aromatic nitrogens is 1. The number of ether oxygens (including phenoxy) is 1. The summed E-state index contributed by atoms with van der Waals surface area (Å²) in [7, 11) is 0. The standard InChI is InChI=1S/C10H13NO3/c1-10(2,9(12)13)7-14-8-5-3-4-6-11-8/h3-6H,7H2,1-2H3,(H,12,13). The van der Waals surface area contributed by atoms with E-state index >= 15 is 0 Å². The fraction of sp³-hybridized carbons (Fsp3) is 0.400. The minimum absolute atomic E-state index is 0.110. The van der Waals surface area contributed by atoms with Crippen LogP contribution in [0.1, 0.15) is 13.8 Å². The molecule has 0 atom stereocenters. The van der Waals surface area contributed by atoms with Crippen molar-refractivity contribution in [3.8, 4) is 5.88 Å². The smallest absolute Gasteiger partial charge is 0.312 e. The third kappa shape index (κ3) is 2.73. The highest BCUT2D eigenvalue weighted by Crippen LogP contribution is 2.16. The fourth-order valence-electron chi connectivity index (χ4n) is 0.749. The molecular formula is C10H13NO3. The predicted molar refractivity (Wildman–Crippen MR) is 51.1 cm³/mol. The Balaban J connectivity index is 2.53. The van der Waals surface area contributed by atoms with Gasteiger partial charge in [0.1, 0.15) is 6.61 Å². The van der Waals surface area contributed by atoms with Gasteiger partial charge >= 0.3 is 5.97 Å². The molecule has 0 saturated carbocycles. The Morgan fingerprint density at radius 3 is 2.79 bits per heavy atom. The summed E-state index contributed by atoms with van der Waals surface area (Å²) in [4.78, 5) is 14.7. The molecule has 0 aliphatic rings. The van der Waals surface area contributed by atoms with Crippen molar-refractivity contribution in [2.45, 2.75) is 13.8 Å². The largest absolute Gasteiger partial charge is 0.481 e. The van der Waals surface area contributed by atoms with Crippen LogP contribution in [0.25, 0.3) is 0 Å². The van der Waals surface area contributed by atoms with Crippen LogP contribution < -0.4 is 4.74 Å². The molecule has 0 aliphatic heterocycles. The van der Waals surface area contributed by atoms with Gasteiger partial charge in [0.05, 0.1) is 5.41 Å². The van der Waals surface area contributed by atoms with Crippen molar-refractivity contribution >= 4 is 5.97 Å². The van der Waals surface area contributed by atoms with Crippen molar-refractivity contribution in [2.24, 2.45) is 5.41 Å². The lowest BCUT2D eigenvalue weighted by molar-refractivity contribution is -0.148. The topological polar surface area (TPSA) is 59.4 Å². The van der Waals surface area contributed by atoms with Gasteiger partial charge in [-0.05, 0) is 19.9 Å². The van der Waals surface area contributed by atoms with E-state index in [1.165, 1.54) is 0 Å². The molecule has 1 aromatic heterocycles. The van der Waals surface area contributed by atoms with Crippen LogP contribution in [0.3, 0.4) is 0 Å². The molecule has 1 aromatic rings. The summed E-state index contributed by atoms with van der Waals surface area (Å²) < 4.78 is 5.24. The van der Waals surface area contributed by atoms with Crippen LogP contribution in [-0.2, 0) is 4.79 Å². The van der Waals surface area contributed by atoms with Crippen molar-refractivity contribution < 1.29 is 14.6 Å². The summed E-state index contributed by atoms with van der Waals surface area (Å²) in [5, 5.41) is 8.82. The Bertz CT molecular complexity index is 308. The number of rotatable bonds is 4. The van der Waals surface area contributed by atoms with E-state index in [-0.39, 0.29) is 6.61 Å². The monoisotopic (exact) mass is 195 g/mol. The number of pyridine rings is 1. The SMILES string of the molecule is CC(C)(COc1ccccn1)C(=O)O. The Kier molecular flexibility index (Phi) is 3.06. The van der Waals surface area contributed by atoms with E-state index in [2.05, 4.69) is 4.98 Å². The molecule has 4 nitrogen and oxygen atoms in total. The van der Waals surface area contributed by atoms with Crippen LogP contribution in [0, 0.1) is 5.41 Å². The van der Waals surface area contributed by atoms with Crippen molar-refractivity contribution in [1.29, 1.82) is 0 Å². The molecule has 0 saturated heterocycles. The van der Waals surface area contributed by atoms with Crippen LogP contribution in [0.5, 0.6) is 5.88 Å². The summed E-state index contributed by atoms with van der Waals surface area (Å²) in [6.07, 6.45) is 1.60. The minimum Gasteiger partial charge on any atom is -0.481 e. The van der Waals surface area contributed by atoms with E-state index in [0.717, 1.165) is 0 Å². The third-order valence-electron chi connectivity index (χ3n) is 1.80. The number of carboxylic acid groups (broad SMARTS) is 1. The quantitative estimate of drug-likeness (QED) is 0.792. The zero-order chi connectivity index (χ0) is 10.6. The second-order valence-electron chi connectivity index (χ2n) is 3.65. The molecule has 1 rings (SSSR count). The third-order valence-corrected chi connectivity index (χ3v) is 1.80. The summed E-state index contributed by atoms with van der Waals surface area (Å²) in [5.41, 5.74) is -0.891.